The highest BCUT2D eigenvalue weighted by molar-refractivity contribution is 5.99. The Morgan fingerprint density at radius 2 is 1.68 bits per heavy atom. The van der Waals surface area contributed by atoms with E-state index in [9.17, 15) is 24.5 Å². The summed E-state index contributed by atoms with van der Waals surface area (Å²) in [7, 11) is 1.11. The summed E-state index contributed by atoms with van der Waals surface area (Å²) in [6.45, 7) is 5.46. The minimum Gasteiger partial charge on any atom is -0.465 e. The molecule has 2 aromatic rings. The largest absolute Gasteiger partial charge is 0.465 e. The summed E-state index contributed by atoms with van der Waals surface area (Å²) in [5.74, 6) is -2.16. The Bertz CT molecular complexity index is 1000. The molecule has 0 radical (unpaired) electrons. The molecule has 1 N–H and O–H groups in total. The van der Waals surface area contributed by atoms with E-state index in [1.807, 2.05) is 26.0 Å². The zero-order valence-corrected chi connectivity index (χ0v) is 17.7. The summed E-state index contributed by atoms with van der Waals surface area (Å²) in [5, 5.41) is 13.9. The fourth-order valence-corrected chi connectivity index (χ4v) is 2.85. The summed E-state index contributed by atoms with van der Waals surface area (Å²) in [4.78, 5) is 47.2. The fourth-order valence-electron chi connectivity index (χ4n) is 2.85. The van der Waals surface area contributed by atoms with Crippen molar-refractivity contribution < 1.29 is 28.8 Å². The van der Waals surface area contributed by atoms with Gasteiger partial charge in [-0.2, -0.15) is 0 Å². The number of amides is 1. The molecule has 0 spiro atoms. The van der Waals surface area contributed by atoms with Crippen molar-refractivity contribution >= 4 is 29.2 Å². The summed E-state index contributed by atoms with van der Waals surface area (Å²) in [6, 6.07) is 10.4. The van der Waals surface area contributed by atoms with E-state index in [0.717, 1.165) is 37.3 Å². The number of esters is 2. The van der Waals surface area contributed by atoms with E-state index in [0.29, 0.717) is 5.69 Å². The van der Waals surface area contributed by atoms with Gasteiger partial charge in [-0.15, -0.1) is 0 Å². The molecule has 0 saturated carbocycles. The number of carbonyl (C=O) groups is 3. The van der Waals surface area contributed by atoms with Crippen LogP contribution in [0.2, 0.25) is 0 Å². The van der Waals surface area contributed by atoms with Crippen molar-refractivity contribution in [2.75, 3.05) is 12.4 Å². The first-order valence-corrected chi connectivity index (χ1v) is 9.66. The van der Waals surface area contributed by atoms with E-state index < -0.39 is 34.6 Å². The Kier molecular flexibility index (Phi) is 7.84. The first-order chi connectivity index (χ1) is 14.7. The fraction of sp³-hybridized carbons (Fsp3) is 0.318. The lowest BCUT2D eigenvalue weighted by atomic mass is 9.97. The van der Waals surface area contributed by atoms with E-state index in [4.69, 9.17) is 4.74 Å². The molecule has 0 aliphatic heterocycles. The maximum absolute atomic E-state index is 12.6. The molecule has 2 aromatic carbocycles. The predicted octanol–water partition coefficient (Wildman–Crippen LogP) is 4.08. The standard InChI is InChI=1S/C22H24N2O7/c1-5-13(2)18-8-6-7-9-19(18)23-20(25)14(3)31-22(27)16-10-15(21(26)30-4)11-17(12-16)24(28)29/h6-14H,5H2,1-4H3,(H,23,25). The van der Waals surface area contributed by atoms with Crippen LogP contribution in [0.3, 0.4) is 0 Å². The highest BCUT2D eigenvalue weighted by Gasteiger charge is 2.24. The van der Waals surface area contributed by atoms with Crippen molar-refractivity contribution in [1.82, 2.24) is 0 Å². The highest BCUT2D eigenvalue weighted by atomic mass is 16.6. The van der Waals surface area contributed by atoms with Gasteiger partial charge in [-0.25, -0.2) is 9.59 Å². The molecule has 2 unspecified atom stereocenters. The molecule has 31 heavy (non-hydrogen) atoms. The summed E-state index contributed by atoms with van der Waals surface area (Å²) < 4.78 is 9.73. The first kappa shape index (κ1) is 23.5. The van der Waals surface area contributed by atoms with Crippen LogP contribution in [0.5, 0.6) is 0 Å². The average molecular weight is 428 g/mol. The molecule has 2 rings (SSSR count). The van der Waals surface area contributed by atoms with Crippen LogP contribution in [0, 0.1) is 10.1 Å². The van der Waals surface area contributed by atoms with Gasteiger partial charge in [-0.05, 0) is 37.0 Å². The molecule has 164 valence electrons. The van der Waals surface area contributed by atoms with Crippen LogP contribution in [0.15, 0.2) is 42.5 Å². The lowest BCUT2D eigenvalue weighted by molar-refractivity contribution is -0.384. The number of hydrogen-bond acceptors (Lipinski definition) is 7. The number of non-ortho nitro benzene ring substituents is 1. The van der Waals surface area contributed by atoms with Crippen molar-refractivity contribution in [3.05, 3.63) is 69.3 Å². The minimum absolute atomic E-state index is 0.178. The van der Waals surface area contributed by atoms with Crippen LogP contribution in [0.4, 0.5) is 11.4 Å². The number of para-hydroxylation sites is 1. The molecule has 0 aliphatic rings. The van der Waals surface area contributed by atoms with Gasteiger partial charge in [0, 0.05) is 17.8 Å². The topological polar surface area (TPSA) is 125 Å². The molecule has 2 atom stereocenters. The van der Waals surface area contributed by atoms with Gasteiger partial charge in [0.15, 0.2) is 6.10 Å². The number of anilines is 1. The average Bonchev–Trinajstić information content (AvgIpc) is 2.77. The van der Waals surface area contributed by atoms with Crippen molar-refractivity contribution in [1.29, 1.82) is 0 Å². The predicted molar refractivity (Wildman–Crippen MR) is 113 cm³/mol. The van der Waals surface area contributed by atoms with Crippen LogP contribution in [0.25, 0.3) is 0 Å². The second kappa shape index (κ2) is 10.3. The zero-order valence-electron chi connectivity index (χ0n) is 17.7. The number of rotatable bonds is 8. The Morgan fingerprint density at radius 1 is 1.06 bits per heavy atom. The molecule has 0 aliphatic carbocycles. The van der Waals surface area contributed by atoms with E-state index in [-0.39, 0.29) is 17.0 Å². The third-order valence-corrected chi connectivity index (χ3v) is 4.80. The molecule has 0 saturated heterocycles. The summed E-state index contributed by atoms with van der Waals surface area (Å²) in [6.07, 6.45) is -0.300. The number of carbonyl (C=O) groups excluding carboxylic acids is 3. The van der Waals surface area contributed by atoms with E-state index in [1.54, 1.807) is 12.1 Å². The summed E-state index contributed by atoms with van der Waals surface area (Å²) in [5.41, 5.74) is 0.679. The molecule has 0 fully saturated rings. The highest BCUT2D eigenvalue weighted by Crippen LogP contribution is 2.27. The third-order valence-electron chi connectivity index (χ3n) is 4.80. The van der Waals surface area contributed by atoms with E-state index in [1.165, 1.54) is 6.92 Å². The third kappa shape index (κ3) is 5.88. The lowest BCUT2D eigenvalue weighted by Gasteiger charge is -2.18. The van der Waals surface area contributed by atoms with E-state index in [2.05, 4.69) is 10.1 Å². The van der Waals surface area contributed by atoms with Crippen LogP contribution >= 0.6 is 0 Å². The van der Waals surface area contributed by atoms with Crippen LogP contribution in [-0.4, -0.2) is 36.0 Å². The second-order valence-electron chi connectivity index (χ2n) is 6.95. The van der Waals surface area contributed by atoms with Gasteiger partial charge in [0.05, 0.1) is 23.2 Å². The number of methoxy groups -OCH3 is 1. The van der Waals surface area contributed by atoms with E-state index >= 15 is 0 Å². The van der Waals surface area contributed by atoms with Gasteiger partial charge < -0.3 is 14.8 Å². The van der Waals surface area contributed by atoms with Crippen LogP contribution < -0.4 is 5.32 Å². The number of nitrogens with zero attached hydrogens (tertiary/aromatic N) is 1. The Balaban J connectivity index is 2.19. The van der Waals surface area contributed by atoms with Gasteiger partial charge in [-0.1, -0.05) is 32.0 Å². The zero-order chi connectivity index (χ0) is 23.1. The normalized spacial score (nSPS) is 12.4. The molecule has 0 heterocycles. The second-order valence-corrected chi connectivity index (χ2v) is 6.95. The number of nitrogens with one attached hydrogen (secondary N) is 1. The monoisotopic (exact) mass is 428 g/mol. The molecule has 1 amide bonds. The quantitative estimate of drug-likeness (QED) is 0.381. The molecular weight excluding hydrogens is 404 g/mol. The number of ether oxygens (including phenoxy) is 2. The molecule has 0 aromatic heterocycles. The lowest BCUT2D eigenvalue weighted by Crippen LogP contribution is -2.30. The summed E-state index contributed by atoms with van der Waals surface area (Å²) >= 11 is 0. The number of hydrogen-bond donors (Lipinski definition) is 1. The molecule has 9 heteroatoms. The van der Waals surface area contributed by atoms with Gasteiger partial charge in [0.1, 0.15) is 0 Å². The molecular formula is C22H24N2O7. The van der Waals surface area contributed by atoms with Crippen molar-refractivity contribution in [3.8, 4) is 0 Å². The Hall–Kier alpha value is -3.75. The van der Waals surface area contributed by atoms with Crippen LogP contribution in [0.1, 0.15) is 59.4 Å². The van der Waals surface area contributed by atoms with Gasteiger partial charge >= 0.3 is 11.9 Å². The Morgan fingerprint density at radius 3 is 2.26 bits per heavy atom. The number of nitro groups is 1. The number of nitro benzene ring substituents is 1. The van der Waals surface area contributed by atoms with Gasteiger partial charge in [-0.3, -0.25) is 14.9 Å². The van der Waals surface area contributed by atoms with Crippen molar-refractivity contribution in [2.24, 2.45) is 0 Å². The van der Waals surface area contributed by atoms with Crippen molar-refractivity contribution in [2.45, 2.75) is 39.2 Å². The smallest absolute Gasteiger partial charge is 0.339 e. The van der Waals surface area contributed by atoms with Crippen LogP contribution in [-0.2, 0) is 14.3 Å². The SMILES string of the molecule is CCC(C)c1ccccc1NC(=O)C(C)OC(=O)c1cc(C(=O)OC)cc([N+](=O)[O-])c1. The number of benzene rings is 2. The molecule has 0 bridgehead atoms. The maximum Gasteiger partial charge on any atom is 0.339 e. The van der Waals surface area contributed by atoms with Gasteiger partial charge in [0.2, 0.25) is 0 Å². The van der Waals surface area contributed by atoms with Crippen molar-refractivity contribution in [3.63, 3.8) is 0 Å². The van der Waals surface area contributed by atoms with Gasteiger partial charge in [0.25, 0.3) is 11.6 Å². The minimum atomic E-state index is -1.18. The first-order valence-electron chi connectivity index (χ1n) is 9.66. The Labute approximate surface area is 179 Å². The maximum atomic E-state index is 12.6. The molecule has 9 nitrogen and oxygen atoms in total.